The molecule has 0 unspecified atom stereocenters. The first kappa shape index (κ1) is 20.2. The molecule has 2 N–H and O–H groups in total. The Morgan fingerprint density at radius 1 is 1.10 bits per heavy atom. The van der Waals surface area contributed by atoms with E-state index in [0.29, 0.717) is 35.3 Å². The van der Waals surface area contributed by atoms with Crippen LogP contribution in [0.3, 0.4) is 0 Å². The standard InChI is InChI=1S/C21H20N6O4/c1-26-18-14(20(30)27(2)21(26)31)10-12(11-22-18)23-17(28)9-5-8-16-24-15-7-4-3-6-13(15)19(29)25-16/h3-4,6-7,10-11H,5,8-9H2,1-2H3,(H,23,28)(H,24,25,29). The Labute approximate surface area is 175 Å². The quantitative estimate of drug-likeness (QED) is 0.492. The van der Waals surface area contributed by atoms with Crippen molar-refractivity contribution in [2.24, 2.45) is 14.1 Å². The molecule has 10 nitrogen and oxygen atoms in total. The second-order valence-corrected chi connectivity index (χ2v) is 7.23. The first-order valence-electron chi connectivity index (χ1n) is 9.68. The predicted octanol–water partition coefficient (Wildman–Crippen LogP) is 0.830. The number of anilines is 1. The zero-order chi connectivity index (χ0) is 22.1. The lowest BCUT2D eigenvalue weighted by Crippen LogP contribution is -2.37. The van der Waals surface area contributed by atoms with Crippen LogP contribution in [-0.4, -0.2) is 30.0 Å². The number of carbonyl (C=O) groups excluding carboxylic acids is 1. The Morgan fingerprint density at radius 3 is 2.68 bits per heavy atom. The zero-order valence-electron chi connectivity index (χ0n) is 17.0. The van der Waals surface area contributed by atoms with Gasteiger partial charge in [-0.2, -0.15) is 0 Å². The van der Waals surface area contributed by atoms with Gasteiger partial charge in [-0.1, -0.05) is 12.1 Å². The lowest BCUT2D eigenvalue weighted by atomic mass is 10.2. The molecule has 0 fully saturated rings. The molecule has 31 heavy (non-hydrogen) atoms. The highest BCUT2D eigenvalue weighted by atomic mass is 16.2. The van der Waals surface area contributed by atoms with Gasteiger partial charge >= 0.3 is 5.69 Å². The summed E-state index contributed by atoms with van der Waals surface area (Å²) in [5.41, 5.74) is 0.0743. The molecular weight excluding hydrogens is 400 g/mol. The van der Waals surface area contributed by atoms with Gasteiger partial charge in [-0.15, -0.1) is 0 Å². The van der Waals surface area contributed by atoms with Gasteiger partial charge in [-0.25, -0.2) is 14.8 Å². The maximum Gasteiger partial charge on any atom is 0.332 e. The van der Waals surface area contributed by atoms with Crippen molar-refractivity contribution in [2.45, 2.75) is 19.3 Å². The Kier molecular flexibility index (Phi) is 5.20. The molecule has 0 aliphatic rings. The van der Waals surface area contributed by atoms with Crippen LogP contribution in [0, 0.1) is 0 Å². The van der Waals surface area contributed by atoms with E-state index in [9.17, 15) is 19.2 Å². The monoisotopic (exact) mass is 420 g/mol. The van der Waals surface area contributed by atoms with Crippen molar-refractivity contribution in [2.75, 3.05) is 5.32 Å². The van der Waals surface area contributed by atoms with Crippen LogP contribution in [0.5, 0.6) is 0 Å². The van der Waals surface area contributed by atoms with Crippen molar-refractivity contribution >= 4 is 33.5 Å². The maximum atomic E-state index is 12.3. The van der Waals surface area contributed by atoms with Gasteiger partial charge in [0.05, 0.1) is 28.2 Å². The number of amides is 1. The third-order valence-corrected chi connectivity index (χ3v) is 5.06. The Bertz CT molecular complexity index is 1500. The number of benzene rings is 1. The van der Waals surface area contributed by atoms with E-state index in [0.717, 1.165) is 4.57 Å². The Morgan fingerprint density at radius 2 is 1.87 bits per heavy atom. The van der Waals surface area contributed by atoms with E-state index in [1.54, 1.807) is 18.2 Å². The fourth-order valence-corrected chi connectivity index (χ4v) is 3.43. The highest BCUT2D eigenvalue weighted by Crippen LogP contribution is 2.13. The number of pyridine rings is 1. The molecule has 1 amide bonds. The number of aromatic nitrogens is 5. The summed E-state index contributed by atoms with van der Waals surface area (Å²) in [6.45, 7) is 0. The van der Waals surface area contributed by atoms with E-state index in [-0.39, 0.29) is 28.9 Å². The molecule has 0 saturated heterocycles. The summed E-state index contributed by atoms with van der Waals surface area (Å²) in [6.07, 6.45) is 2.51. The van der Waals surface area contributed by atoms with Gasteiger partial charge in [0.15, 0.2) is 0 Å². The molecule has 0 spiro atoms. The molecule has 0 saturated carbocycles. The lowest BCUT2D eigenvalue weighted by Gasteiger charge is -2.09. The number of aryl methyl sites for hydroxylation is 2. The average Bonchev–Trinajstić information content (AvgIpc) is 2.76. The van der Waals surface area contributed by atoms with Crippen LogP contribution < -0.4 is 22.1 Å². The molecule has 4 aromatic rings. The molecule has 158 valence electrons. The molecule has 0 radical (unpaired) electrons. The number of aromatic amines is 1. The molecule has 3 aromatic heterocycles. The first-order valence-corrected chi connectivity index (χ1v) is 9.68. The second-order valence-electron chi connectivity index (χ2n) is 7.23. The number of hydrogen-bond acceptors (Lipinski definition) is 6. The summed E-state index contributed by atoms with van der Waals surface area (Å²) in [7, 11) is 2.92. The molecule has 4 rings (SSSR count). The van der Waals surface area contributed by atoms with Gasteiger partial charge in [0.1, 0.15) is 11.5 Å². The van der Waals surface area contributed by atoms with E-state index in [1.165, 1.54) is 30.9 Å². The lowest BCUT2D eigenvalue weighted by molar-refractivity contribution is -0.116. The highest BCUT2D eigenvalue weighted by molar-refractivity contribution is 5.92. The van der Waals surface area contributed by atoms with E-state index in [1.807, 2.05) is 6.07 Å². The minimum atomic E-state index is -0.479. The van der Waals surface area contributed by atoms with Gasteiger partial charge in [0.25, 0.3) is 11.1 Å². The van der Waals surface area contributed by atoms with Crippen LogP contribution in [0.1, 0.15) is 18.7 Å². The van der Waals surface area contributed by atoms with Crippen molar-refractivity contribution < 1.29 is 4.79 Å². The van der Waals surface area contributed by atoms with E-state index in [2.05, 4.69) is 20.3 Å². The Balaban J connectivity index is 1.45. The van der Waals surface area contributed by atoms with Crippen LogP contribution in [0.2, 0.25) is 0 Å². The summed E-state index contributed by atoms with van der Waals surface area (Å²) in [5.74, 6) is 0.263. The number of carbonyl (C=O) groups is 1. The summed E-state index contributed by atoms with van der Waals surface area (Å²) in [4.78, 5) is 60.1. The molecule has 0 atom stereocenters. The van der Waals surface area contributed by atoms with Gasteiger partial charge in [-0.3, -0.25) is 23.5 Å². The van der Waals surface area contributed by atoms with E-state index >= 15 is 0 Å². The minimum absolute atomic E-state index is 0.194. The third-order valence-electron chi connectivity index (χ3n) is 5.06. The summed E-state index contributed by atoms with van der Waals surface area (Å²) >= 11 is 0. The predicted molar refractivity (Wildman–Crippen MR) is 116 cm³/mol. The second kappa shape index (κ2) is 7.98. The summed E-state index contributed by atoms with van der Waals surface area (Å²) < 4.78 is 2.27. The Hall–Kier alpha value is -4.08. The van der Waals surface area contributed by atoms with Gasteiger partial charge < -0.3 is 10.3 Å². The number of para-hydroxylation sites is 1. The van der Waals surface area contributed by atoms with E-state index < -0.39 is 11.2 Å². The molecule has 10 heteroatoms. The number of nitrogens with zero attached hydrogens (tertiary/aromatic N) is 4. The van der Waals surface area contributed by atoms with Gasteiger partial charge in [0.2, 0.25) is 5.91 Å². The van der Waals surface area contributed by atoms with Crippen LogP contribution in [0.4, 0.5) is 5.69 Å². The first-order chi connectivity index (χ1) is 14.8. The molecule has 1 aromatic carbocycles. The maximum absolute atomic E-state index is 12.3. The number of rotatable bonds is 5. The zero-order valence-corrected chi connectivity index (χ0v) is 17.0. The van der Waals surface area contributed by atoms with Crippen LogP contribution >= 0.6 is 0 Å². The van der Waals surface area contributed by atoms with Gasteiger partial charge in [-0.05, 0) is 24.6 Å². The van der Waals surface area contributed by atoms with Crippen molar-refractivity contribution in [3.63, 3.8) is 0 Å². The normalized spacial score (nSPS) is 11.2. The minimum Gasteiger partial charge on any atom is -0.325 e. The number of fused-ring (bicyclic) bond motifs is 2. The number of H-pyrrole nitrogens is 1. The molecule has 0 bridgehead atoms. The largest absolute Gasteiger partial charge is 0.332 e. The average molecular weight is 420 g/mol. The smallest absolute Gasteiger partial charge is 0.325 e. The molecule has 0 aliphatic carbocycles. The molecule has 3 heterocycles. The summed E-state index contributed by atoms with van der Waals surface area (Å²) in [6, 6.07) is 8.58. The third kappa shape index (κ3) is 3.87. The van der Waals surface area contributed by atoms with E-state index in [4.69, 9.17) is 0 Å². The van der Waals surface area contributed by atoms with Crippen molar-refractivity contribution in [1.29, 1.82) is 0 Å². The number of hydrogen-bond donors (Lipinski definition) is 2. The number of nitrogens with one attached hydrogen (secondary N) is 2. The fraction of sp³-hybridized carbons (Fsp3) is 0.238. The molecular formula is C21H20N6O4. The molecule has 0 aliphatic heterocycles. The van der Waals surface area contributed by atoms with Gasteiger partial charge in [0, 0.05) is 26.9 Å². The van der Waals surface area contributed by atoms with Crippen molar-refractivity contribution in [3.05, 3.63) is 73.5 Å². The van der Waals surface area contributed by atoms with Crippen LogP contribution in [0.15, 0.2) is 50.9 Å². The van der Waals surface area contributed by atoms with Crippen molar-refractivity contribution in [3.8, 4) is 0 Å². The SMILES string of the molecule is Cn1c(=O)c2cc(NC(=O)CCCc3nc4ccccc4c(=O)[nH]3)cnc2n(C)c1=O. The topological polar surface area (TPSA) is 132 Å². The summed E-state index contributed by atoms with van der Waals surface area (Å²) in [5, 5.41) is 3.47. The highest BCUT2D eigenvalue weighted by Gasteiger charge is 2.12. The fourth-order valence-electron chi connectivity index (χ4n) is 3.43. The van der Waals surface area contributed by atoms with Crippen LogP contribution in [0.25, 0.3) is 21.9 Å². The van der Waals surface area contributed by atoms with Crippen molar-refractivity contribution in [1.82, 2.24) is 24.1 Å². The van der Waals surface area contributed by atoms with Crippen LogP contribution in [-0.2, 0) is 25.3 Å².